The van der Waals surface area contributed by atoms with Crippen LogP contribution < -0.4 is 19.6 Å². The molecule has 0 fully saturated rings. The highest BCUT2D eigenvalue weighted by atomic mass is 32.1. The van der Waals surface area contributed by atoms with Crippen molar-refractivity contribution in [2.24, 2.45) is 0 Å². The molecule has 0 amide bonds. The molecule has 3 aromatic heterocycles. The van der Waals surface area contributed by atoms with Crippen LogP contribution in [0, 0.1) is 0 Å². The first-order chi connectivity index (χ1) is 13.7. The van der Waals surface area contributed by atoms with Crippen molar-refractivity contribution in [3.05, 3.63) is 56.2 Å². The predicted octanol–water partition coefficient (Wildman–Crippen LogP) is 3.61. The minimum Gasteiger partial charge on any atom is -0.490 e. The summed E-state index contributed by atoms with van der Waals surface area (Å²) in [6.45, 7) is 5.17. The molecule has 144 valence electrons. The average Bonchev–Trinajstić information content (AvgIpc) is 3.41. The molecule has 0 unspecified atom stereocenters. The summed E-state index contributed by atoms with van der Waals surface area (Å²) in [7, 11) is 0. The van der Waals surface area contributed by atoms with Crippen LogP contribution in [0.25, 0.3) is 21.7 Å². The van der Waals surface area contributed by atoms with E-state index in [4.69, 9.17) is 9.47 Å². The van der Waals surface area contributed by atoms with E-state index in [9.17, 15) is 4.79 Å². The van der Waals surface area contributed by atoms with Crippen molar-refractivity contribution in [3.63, 3.8) is 0 Å². The number of thiophene rings is 1. The van der Waals surface area contributed by atoms with Gasteiger partial charge in [0, 0.05) is 0 Å². The summed E-state index contributed by atoms with van der Waals surface area (Å²) < 4.78 is 13.4. The zero-order chi connectivity index (χ0) is 19.5. The normalized spacial score (nSPS) is 12.0. The Hall–Kier alpha value is -2.71. The summed E-state index contributed by atoms with van der Waals surface area (Å²) in [4.78, 5) is 18.8. The third-order valence-electron chi connectivity index (χ3n) is 3.95. The molecular formula is C20H19N3O3S2. The molecule has 1 aromatic carbocycles. The average molecular weight is 414 g/mol. The molecule has 0 atom stereocenters. The molecule has 4 rings (SSSR count). The number of fused-ring (bicyclic) bond motifs is 1. The van der Waals surface area contributed by atoms with Gasteiger partial charge in [-0.15, -0.1) is 16.4 Å². The lowest BCUT2D eigenvalue weighted by molar-refractivity contribution is 0.277. The smallest absolute Gasteiger partial charge is 0.291 e. The number of benzene rings is 1. The van der Waals surface area contributed by atoms with E-state index in [0.29, 0.717) is 40.0 Å². The van der Waals surface area contributed by atoms with Gasteiger partial charge < -0.3 is 9.47 Å². The molecule has 28 heavy (non-hydrogen) atoms. The van der Waals surface area contributed by atoms with Gasteiger partial charge in [0.05, 0.1) is 22.6 Å². The molecule has 0 N–H and O–H groups in total. The van der Waals surface area contributed by atoms with E-state index >= 15 is 0 Å². The number of nitrogens with zero attached hydrogens (tertiary/aromatic N) is 3. The van der Waals surface area contributed by atoms with Crippen molar-refractivity contribution in [1.82, 2.24) is 14.6 Å². The van der Waals surface area contributed by atoms with Gasteiger partial charge in [0.2, 0.25) is 4.96 Å². The Morgan fingerprint density at radius 2 is 2.07 bits per heavy atom. The monoisotopic (exact) mass is 413 g/mol. The van der Waals surface area contributed by atoms with Crippen LogP contribution in [-0.2, 0) is 0 Å². The number of hydrogen-bond acceptors (Lipinski definition) is 7. The van der Waals surface area contributed by atoms with Gasteiger partial charge in [-0.25, -0.2) is 0 Å². The van der Waals surface area contributed by atoms with Gasteiger partial charge in [0.15, 0.2) is 17.3 Å². The summed E-state index contributed by atoms with van der Waals surface area (Å²) in [5, 5.41) is 6.32. The van der Waals surface area contributed by atoms with E-state index in [1.54, 1.807) is 11.3 Å². The van der Waals surface area contributed by atoms with Gasteiger partial charge in [0.25, 0.3) is 5.56 Å². The van der Waals surface area contributed by atoms with Gasteiger partial charge in [-0.2, -0.15) is 9.50 Å². The summed E-state index contributed by atoms with van der Waals surface area (Å²) in [5.41, 5.74) is 0.701. The molecule has 0 radical (unpaired) electrons. The van der Waals surface area contributed by atoms with Gasteiger partial charge in [-0.3, -0.25) is 4.79 Å². The lowest BCUT2D eigenvalue weighted by Crippen LogP contribution is -2.23. The first-order valence-electron chi connectivity index (χ1n) is 9.04. The summed E-state index contributed by atoms with van der Waals surface area (Å²) in [6, 6.07) is 9.57. The fraction of sp³-hybridized carbons (Fsp3) is 0.250. The Labute approximate surface area is 169 Å². The number of thiazole rings is 1. The molecule has 3 heterocycles. The number of aromatic nitrogens is 3. The van der Waals surface area contributed by atoms with Crippen LogP contribution >= 0.6 is 22.7 Å². The standard InChI is InChI=1S/C20H19N3O3S2/c1-3-9-26-14-8-7-13(11-15(14)25-4-2)12-17-19(24)23-20(28-17)21-18(22-23)16-6-5-10-27-16/h5-8,10-12H,3-4,9H2,1-2H3/b17-12-. The van der Waals surface area contributed by atoms with Crippen LogP contribution in [-0.4, -0.2) is 27.8 Å². The van der Waals surface area contributed by atoms with E-state index in [2.05, 4.69) is 17.0 Å². The van der Waals surface area contributed by atoms with Crippen molar-refractivity contribution in [3.8, 4) is 22.2 Å². The van der Waals surface area contributed by atoms with Gasteiger partial charge >= 0.3 is 0 Å². The quantitative estimate of drug-likeness (QED) is 0.463. The highest BCUT2D eigenvalue weighted by Gasteiger charge is 2.13. The third-order valence-corrected chi connectivity index (χ3v) is 5.78. The molecule has 0 bridgehead atoms. The lowest BCUT2D eigenvalue weighted by Gasteiger charge is -2.11. The fourth-order valence-corrected chi connectivity index (χ4v) is 4.27. The Balaban J connectivity index is 1.71. The molecule has 0 spiro atoms. The minimum absolute atomic E-state index is 0.167. The van der Waals surface area contributed by atoms with Crippen LogP contribution in [0.3, 0.4) is 0 Å². The summed E-state index contributed by atoms with van der Waals surface area (Å²) in [6.07, 6.45) is 2.76. The Kier molecular flexibility index (Phi) is 5.40. The van der Waals surface area contributed by atoms with E-state index in [1.165, 1.54) is 15.9 Å². The van der Waals surface area contributed by atoms with E-state index < -0.39 is 0 Å². The Bertz CT molecular complexity index is 1200. The van der Waals surface area contributed by atoms with Crippen molar-refractivity contribution in [2.45, 2.75) is 20.3 Å². The molecule has 6 nitrogen and oxygen atoms in total. The number of ether oxygens (including phenoxy) is 2. The van der Waals surface area contributed by atoms with E-state index in [1.807, 2.05) is 48.7 Å². The second-order valence-corrected chi connectivity index (χ2v) is 7.97. The molecule has 0 aliphatic carbocycles. The van der Waals surface area contributed by atoms with E-state index in [0.717, 1.165) is 16.9 Å². The minimum atomic E-state index is -0.167. The van der Waals surface area contributed by atoms with Crippen LogP contribution in [0.2, 0.25) is 0 Å². The first-order valence-corrected chi connectivity index (χ1v) is 10.7. The Morgan fingerprint density at radius 1 is 1.18 bits per heavy atom. The third kappa shape index (κ3) is 3.65. The maximum atomic E-state index is 12.7. The second-order valence-electron chi connectivity index (χ2n) is 6.01. The van der Waals surface area contributed by atoms with Crippen molar-refractivity contribution < 1.29 is 9.47 Å². The van der Waals surface area contributed by atoms with Gasteiger partial charge in [-0.1, -0.05) is 30.4 Å². The fourth-order valence-electron chi connectivity index (χ4n) is 2.71. The van der Waals surface area contributed by atoms with Crippen LogP contribution in [0.15, 0.2) is 40.5 Å². The summed E-state index contributed by atoms with van der Waals surface area (Å²) >= 11 is 2.88. The van der Waals surface area contributed by atoms with Gasteiger partial charge in [-0.05, 0) is 48.6 Å². The SMILES string of the molecule is CCCOc1ccc(/C=c2\sc3nc(-c4cccs4)nn3c2=O)cc1OCC. The molecule has 0 saturated heterocycles. The first kappa shape index (κ1) is 18.6. The topological polar surface area (TPSA) is 65.7 Å². The van der Waals surface area contributed by atoms with Crippen LogP contribution in [0.1, 0.15) is 25.8 Å². The van der Waals surface area contributed by atoms with Crippen LogP contribution in [0.5, 0.6) is 11.5 Å². The second kappa shape index (κ2) is 8.12. The predicted molar refractivity (Wildman–Crippen MR) is 113 cm³/mol. The van der Waals surface area contributed by atoms with Crippen LogP contribution in [0.4, 0.5) is 0 Å². The maximum Gasteiger partial charge on any atom is 0.291 e. The van der Waals surface area contributed by atoms with Crippen molar-refractivity contribution >= 4 is 33.7 Å². The molecule has 0 aliphatic rings. The number of hydrogen-bond donors (Lipinski definition) is 0. The zero-order valence-electron chi connectivity index (χ0n) is 15.5. The largest absolute Gasteiger partial charge is 0.490 e. The molecule has 8 heteroatoms. The maximum absolute atomic E-state index is 12.7. The number of rotatable bonds is 7. The molecule has 0 aliphatic heterocycles. The Morgan fingerprint density at radius 3 is 2.79 bits per heavy atom. The molecule has 0 saturated carbocycles. The molecular weight excluding hydrogens is 394 g/mol. The van der Waals surface area contributed by atoms with Gasteiger partial charge in [0.1, 0.15) is 0 Å². The lowest BCUT2D eigenvalue weighted by atomic mass is 10.2. The summed E-state index contributed by atoms with van der Waals surface area (Å²) in [5.74, 6) is 1.98. The molecule has 4 aromatic rings. The van der Waals surface area contributed by atoms with Crippen molar-refractivity contribution in [2.75, 3.05) is 13.2 Å². The highest BCUT2D eigenvalue weighted by molar-refractivity contribution is 7.15. The van der Waals surface area contributed by atoms with E-state index in [-0.39, 0.29) is 5.56 Å². The van der Waals surface area contributed by atoms with Crippen molar-refractivity contribution in [1.29, 1.82) is 0 Å². The zero-order valence-corrected chi connectivity index (χ0v) is 17.2. The highest BCUT2D eigenvalue weighted by Crippen LogP contribution is 2.29.